The van der Waals surface area contributed by atoms with E-state index in [2.05, 4.69) is 0 Å². The fourth-order valence-corrected chi connectivity index (χ4v) is 3.39. The zero-order valence-electron chi connectivity index (χ0n) is 16.1. The number of rotatable bonds is 8. The molecule has 1 amide bonds. The summed E-state index contributed by atoms with van der Waals surface area (Å²) in [5.41, 5.74) is 8.37. The highest BCUT2D eigenvalue weighted by Crippen LogP contribution is 2.13. The van der Waals surface area contributed by atoms with E-state index in [4.69, 9.17) is 5.73 Å². The summed E-state index contributed by atoms with van der Waals surface area (Å²) < 4.78 is 3.26. The SMILES string of the molecule is CCn1c(=O)n(CC(=O)N(CCN)CCc2ccccc2)c2ccccc21.Cl. The third-order valence-electron chi connectivity index (χ3n) is 4.80. The van der Waals surface area contributed by atoms with Gasteiger partial charge in [0.05, 0.1) is 11.0 Å². The molecule has 0 unspecified atom stereocenters. The summed E-state index contributed by atoms with van der Waals surface area (Å²) in [6.45, 7) is 3.99. The summed E-state index contributed by atoms with van der Waals surface area (Å²) in [7, 11) is 0. The quantitative estimate of drug-likeness (QED) is 0.628. The molecule has 3 aromatic rings. The van der Waals surface area contributed by atoms with Gasteiger partial charge in [-0.15, -0.1) is 12.4 Å². The summed E-state index contributed by atoms with van der Waals surface area (Å²) in [6, 6.07) is 17.6. The van der Waals surface area contributed by atoms with E-state index in [9.17, 15) is 9.59 Å². The summed E-state index contributed by atoms with van der Waals surface area (Å²) in [4.78, 5) is 27.4. The largest absolute Gasteiger partial charge is 0.340 e. The topological polar surface area (TPSA) is 73.3 Å². The number of nitrogens with zero attached hydrogens (tertiary/aromatic N) is 3. The molecule has 150 valence electrons. The van der Waals surface area contributed by atoms with Gasteiger partial charge < -0.3 is 10.6 Å². The van der Waals surface area contributed by atoms with Crippen molar-refractivity contribution in [3.63, 3.8) is 0 Å². The maximum atomic E-state index is 12.9. The van der Waals surface area contributed by atoms with Crippen LogP contribution in [0.2, 0.25) is 0 Å². The molecule has 0 aliphatic heterocycles. The normalized spacial score (nSPS) is 10.6. The third-order valence-corrected chi connectivity index (χ3v) is 4.80. The number of hydrogen-bond donors (Lipinski definition) is 1. The molecule has 2 N–H and O–H groups in total. The zero-order chi connectivity index (χ0) is 19.2. The van der Waals surface area contributed by atoms with E-state index in [-0.39, 0.29) is 30.5 Å². The molecule has 0 fully saturated rings. The molecule has 7 heteroatoms. The van der Waals surface area contributed by atoms with Gasteiger partial charge in [0.1, 0.15) is 6.54 Å². The number of hydrogen-bond acceptors (Lipinski definition) is 3. The average Bonchev–Trinajstić information content (AvgIpc) is 2.97. The second kappa shape index (κ2) is 10.1. The molecule has 1 heterocycles. The van der Waals surface area contributed by atoms with Crippen LogP contribution in [0.1, 0.15) is 12.5 Å². The lowest BCUT2D eigenvalue weighted by atomic mass is 10.1. The molecule has 2 aromatic carbocycles. The van der Waals surface area contributed by atoms with Crippen LogP contribution in [0, 0.1) is 0 Å². The molecule has 0 aliphatic carbocycles. The maximum absolute atomic E-state index is 12.9. The van der Waals surface area contributed by atoms with Crippen molar-refractivity contribution >= 4 is 29.3 Å². The van der Waals surface area contributed by atoms with Crippen molar-refractivity contribution in [1.82, 2.24) is 14.0 Å². The number of fused-ring (bicyclic) bond motifs is 1. The fraction of sp³-hybridized carbons (Fsp3) is 0.333. The van der Waals surface area contributed by atoms with Crippen molar-refractivity contribution in [1.29, 1.82) is 0 Å². The predicted octanol–water partition coefficient (Wildman–Crippen LogP) is 2.27. The van der Waals surface area contributed by atoms with Crippen molar-refractivity contribution in [2.75, 3.05) is 19.6 Å². The van der Waals surface area contributed by atoms with Gasteiger partial charge in [-0.1, -0.05) is 42.5 Å². The van der Waals surface area contributed by atoms with E-state index >= 15 is 0 Å². The number of carbonyl (C=O) groups is 1. The number of nitrogens with two attached hydrogens (primary N) is 1. The highest BCUT2D eigenvalue weighted by molar-refractivity contribution is 5.85. The summed E-state index contributed by atoms with van der Waals surface area (Å²) >= 11 is 0. The van der Waals surface area contributed by atoms with Crippen LogP contribution < -0.4 is 11.4 Å². The first kappa shape index (κ1) is 21.7. The van der Waals surface area contributed by atoms with Crippen LogP contribution in [-0.4, -0.2) is 39.6 Å². The van der Waals surface area contributed by atoms with Crippen LogP contribution in [0.5, 0.6) is 0 Å². The second-order valence-corrected chi connectivity index (χ2v) is 6.51. The van der Waals surface area contributed by atoms with Crippen LogP contribution in [-0.2, 0) is 24.3 Å². The van der Waals surface area contributed by atoms with Crippen molar-refractivity contribution in [3.05, 3.63) is 70.6 Å². The number of aromatic nitrogens is 2. The van der Waals surface area contributed by atoms with Gasteiger partial charge in [0.25, 0.3) is 0 Å². The minimum Gasteiger partial charge on any atom is -0.340 e. The van der Waals surface area contributed by atoms with Crippen molar-refractivity contribution in [2.24, 2.45) is 5.73 Å². The first-order chi connectivity index (χ1) is 13.2. The van der Waals surface area contributed by atoms with Gasteiger partial charge in [0.2, 0.25) is 5.91 Å². The van der Waals surface area contributed by atoms with Gasteiger partial charge in [-0.3, -0.25) is 13.9 Å². The number of benzene rings is 2. The number of amides is 1. The summed E-state index contributed by atoms with van der Waals surface area (Å²) in [6.07, 6.45) is 0.762. The lowest BCUT2D eigenvalue weighted by Crippen LogP contribution is -2.40. The molecule has 3 rings (SSSR count). The van der Waals surface area contributed by atoms with Crippen LogP contribution in [0.4, 0.5) is 0 Å². The molecule has 0 saturated heterocycles. The predicted molar refractivity (Wildman–Crippen MR) is 115 cm³/mol. The van der Waals surface area contributed by atoms with Crippen LogP contribution in [0.25, 0.3) is 11.0 Å². The highest BCUT2D eigenvalue weighted by Gasteiger charge is 2.18. The lowest BCUT2D eigenvalue weighted by molar-refractivity contribution is -0.131. The molecule has 0 radical (unpaired) electrons. The van der Waals surface area contributed by atoms with Gasteiger partial charge >= 0.3 is 5.69 Å². The summed E-state index contributed by atoms with van der Waals surface area (Å²) in [5, 5.41) is 0. The standard InChI is InChI=1S/C21H26N4O2.ClH/c1-2-24-18-10-6-7-11-19(18)25(21(24)27)16-20(26)23(15-13-22)14-12-17-8-4-3-5-9-17;/h3-11H,2,12-16,22H2,1H3;1H. The minimum atomic E-state index is -0.150. The van der Waals surface area contributed by atoms with E-state index in [0.717, 1.165) is 17.5 Å². The first-order valence-electron chi connectivity index (χ1n) is 9.35. The Hall–Kier alpha value is -2.57. The Morgan fingerprint density at radius 2 is 1.57 bits per heavy atom. The molecule has 0 bridgehead atoms. The van der Waals surface area contributed by atoms with Crippen molar-refractivity contribution in [3.8, 4) is 0 Å². The van der Waals surface area contributed by atoms with E-state index in [1.54, 1.807) is 14.0 Å². The molecule has 28 heavy (non-hydrogen) atoms. The van der Waals surface area contributed by atoms with E-state index in [1.807, 2.05) is 61.5 Å². The molecule has 1 aromatic heterocycles. The van der Waals surface area contributed by atoms with Gasteiger partial charge in [0, 0.05) is 26.2 Å². The molecular weight excluding hydrogens is 376 g/mol. The second-order valence-electron chi connectivity index (χ2n) is 6.51. The van der Waals surface area contributed by atoms with E-state index in [1.165, 1.54) is 5.56 Å². The molecule has 0 aliphatic rings. The Labute approximate surface area is 171 Å². The average molecular weight is 403 g/mol. The van der Waals surface area contributed by atoms with Gasteiger partial charge in [-0.25, -0.2) is 4.79 Å². The fourth-order valence-electron chi connectivity index (χ4n) is 3.39. The monoisotopic (exact) mass is 402 g/mol. The Morgan fingerprint density at radius 3 is 2.18 bits per heavy atom. The van der Waals surface area contributed by atoms with E-state index in [0.29, 0.717) is 26.2 Å². The lowest BCUT2D eigenvalue weighted by Gasteiger charge is -2.22. The number of imidazole rings is 1. The molecule has 0 saturated carbocycles. The van der Waals surface area contributed by atoms with Crippen LogP contribution in [0.3, 0.4) is 0 Å². The number of carbonyl (C=O) groups excluding carboxylic acids is 1. The Kier molecular flexibility index (Phi) is 7.84. The zero-order valence-corrected chi connectivity index (χ0v) is 16.9. The highest BCUT2D eigenvalue weighted by atomic mass is 35.5. The molecule has 0 atom stereocenters. The van der Waals surface area contributed by atoms with Crippen LogP contribution >= 0.6 is 12.4 Å². The molecule has 6 nitrogen and oxygen atoms in total. The Bertz CT molecular complexity index is 965. The number of aryl methyl sites for hydroxylation is 1. The van der Waals surface area contributed by atoms with Crippen molar-refractivity contribution < 1.29 is 4.79 Å². The van der Waals surface area contributed by atoms with Gasteiger partial charge in [-0.2, -0.15) is 0 Å². The Morgan fingerprint density at radius 1 is 0.964 bits per heavy atom. The number of halogens is 1. The van der Waals surface area contributed by atoms with Crippen LogP contribution in [0.15, 0.2) is 59.4 Å². The molecular formula is C21H27ClN4O2. The maximum Gasteiger partial charge on any atom is 0.329 e. The minimum absolute atomic E-state index is 0. The van der Waals surface area contributed by atoms with Gasteiger partial charge in [0.15, 0.2) is 0 Å². The Balaban J connectivity index is 0.00000280. The van der Waals surface area contributed by atoms with Gasteiger partial charge in [-0.05, 0) is 31.0 Å². The van der Waals surface area contributed by atoms with Crippen molar-refractivity contribution in [2.45, 2.75) is 26.4 Å². The van der Waals surface area contributed by atoms with E-state index < -0.39 is 0 Å². The number of para-hydroxylation sites is 2. The molecule has 0 spiro atoms. The summed E-state index contributed by atoms with van der Waals surface area (Å²) in [5.74, 6) is -0.0857. The third kappa shape index (κ3) is 4.64. The first-order valence-corrected chi connectivity index (χ1v) is 9.35. The smallest absolute Gasteiger partial charge is 0.329 e.